The van der Waals surface area contributed by atoms with Crippen LogP contribution in [0.4, 0.5) is 4.79 Å². The molecule has 1 heterocycles. The lowest BCUT2D eigenvalue weighted by atomic mass is 9.87. The normalized spacial score (nSPS) is 23.5. The van der Waals surface area contributed by atoms with Crippen LogP contribution in [0.25, 0.3) is 0 Å². The van der Waals surface area contributed by atoms with Crippen LogP contribution in [0.3, 0.4) is 0 Å². The van der Waals surface area contributed by atoms with Gasteiger partial charge in [-0.15, -0.1) is 0 Å². The third kappa shape index (κ3) is 3.07. The molecule has 5 heteroatoms. The Morgan fingerprint density at radius 3 is 2.15 bits per heavy atom. The average Bonchev–Trinajstić information content (AvgIpc) is 3.23. The molecule has 2 amide bonds. The number of nitrogens with zero attached hydrogens (tertiary/aromatic N) is 1. The fourth-order valence-electron chi connectivity index (χ4n) is 3.06. The molecule has 2 N–H and O–H groups in total. The lowest BCUT2D eigenvalue weighted by Gasteiger charge is -2.36. The van der Waals surface area contributed by atoms with Gasteiger partial charge in [0, 0.05) is 13.1 Å². The van der Waals surface area contributed by atoms with E-state index in [1.165, 1.54) is 0 Å². The Bertz CT molecular complexity index is 385. The highest BCUT2D eigenvalue weighted by molar-refractivity contribution is 5.86. The number of likely N-dealkylation sites (tertiary alicyclic amines) is 1. The number of carbonyl (C=O) groups excluding carboxylic acids is 1. The van der Waals surface area contributed by atoms with Gasteiger partial charge < -0.3 is 15.3 Å². The zero-order valence-electron chi connectivity index (χ0n) is 12.7. The Balaban J connectivity index is 1.90. The largest absolute Gasteiger partial charge is 0.480 e. The minimum Gasteiger partial charge on any atom is -0.480 e. The van der Waals surface area contributed by atoms with Crippen LogP contribution in [0.5, 0.6) is 0 Å². The summed E-state index contributed by atoms with van der Waals surface area (Å²) < 4.78 is 0. The number of rotatable bonds is 4. The van der Waals surface area contributed by atoms with Gasteiger partial charge in [0.2, 0.25) is 0 Å². The predicted molar refractivity (Wildman–Crippen MR) is 76.4 cm³/mol. The highest BCUT2D eigenvalue weighted by Gasteiger charge is 2.49. The van der Waals surface area contributed by atoms with E-state index in [0.717, 1.165) is 38.8 Å². The first kappa shape index (κ1) is 15.1. The van der Waals surface area contributed by atoms with Crippen LogP contribution in [0.1, 0.15) is 46.5 Å². The van der Waals surface area contributed by atoms with Crippen LogP contribution in [-0.2, 0) is 4.79 Å². The first-order valence-electron chi connectivity index (χ1n) is 7.65. The van der Waals surface area contributed by atoms with Crippen LogP contribution < -0.4 is 5.32 Å². The van der Waals surface area contributed by atoms with E-state index in [0.29, 0.717) is 11.8 Å². The van der Waals surface area contributed by atoms with E-state index in [9.17, 15) is 14.7 Å². The Morgan fingerprint density at radius 2 is 1.75 bits per heavy atom. The zero-order valence-corrected chi connectivity index (χ0v) is 12.7. The Morgan fingerprint density at radius 1 is 1.20 bits per heavy atom. The molecule has 20 heavy (non-hydrogen) atoms. The molecule has 1 saturated heterocycles. The van der Waals surface area contributed by atoms with E-state index in [1.54, 1.807) is 11.8 Å². The van der Waals surface area contributed by atoms with E-state index >= 15 is 0 Å². The maximum Gasteiger partial charge on any atom is 0.329 e. The first-order valence-corrected chi connectivity index (χ1v) is 7.65. The summed E-state index contributed by atoms with van der Waals surface area (Å²) in [5, 5.41) is 12.1. The van der Waals surface area contributed by atoms with Crippen LogP contribution in [0, 0.1) is 17.8 Å². The average molecular weight is 282 g/mol. The monoisotopic (exact) mass is 282 g/mol. The lowest BCUT2D eigenvalue weighted by Crippen LogP contribution is -2.58. The molecule has 0 aromatic rings. The summed E-state index contributed by atoms with van der Waals surface area (Å²) >= 11 is 0. The predicted octanol–water partition coefficient (Wildman–Crippen LogP) is 2.32. The molecule has 0 bridgehead atoms. The van der Waals surface area contributed by atoms with Crippen molar-refractivity contribution >= 4 is 12.0 Å². The van der Waals surface area contributed by atoms with E-state index in [4.69, 9.17) is 0 Å². The summed E-state index contributed by atoms with van der Waals surface area (Å²) in [7, 11) is 0. The Hall–Kier alpha value is -1.26. The van der Waals surface area contributed by atoms with Crippen molar-refractivity contribution in [1.82, 2.24) is 10.2 Å². The fourth-order valence-corrected chi connectivity index (χ4v) is 3.06. The number of hydrogen-bond donors (Lipinski definition) is 2. The summed E-state index contributed by atoms with van der Waals surface area (Å²) in [5.41, 5.74) is -1.11. The third-order valence-corrected chi connectivity index (χ3v) is 4.97. The quantitative estimate of drug-likeness (QED) is 0.831. The summed E-state index contributed by atoms with van der Waals surface area (Å²) in [6.07, 6.45) is 3.80. The van der Waals surface area contributed by atoms with Crippen molar-refractivity contribution in [1.29, 1.82) is 0 Å². The van der Waals surface area contributed by atoms with Crippen molar-refractivity contribution < 1.29 is 14.7 Å². The van der Waals surface area contributed by atoms with Crippen LogP contribution in [0.15, 0.2) is 0 Å². The van der Waals surface area contributed by atoms with E-state index in [2.05, 4.69) is 19.2 Å². The van der Waals surface area contributed by atoms with Crippen molar-refractivity contribution in [3.8, 4) is 0 Å². The molecule has 1 aliphatic heterocycles. The molecule has 0 aromatic carbocycles. The number of urea groups is 1. The highest BCUT2D eigenvalue weighted by atomic mass is 16.4. The van der Waals surface area contributed by atoms with Gasteiger partial charge in [-0.3, -0.25) is 0 Å². The molecule has 2 fully saturated rings. The second kappa shape index (κ2) is 5.62. The smallest absolute Gasteiger partial charge is 0.329 e. The number of carboxylic acid groups (broad SMARTS) is 1. The topological polar surface area (TPSA) is 69.6 Å². The van der Waals surface area contributed by atoms with Gasteiger partial charge in [0.15, 0.2) is 0 Å². The molecule has 0 spiro atoms. The molecule has 1 aliphatic carbocycles. The molecule has 0 aromatic heterocycles. The molecule has 1 atom stereocenters. The van der Waals surface area contributed by atoms with Gasteiger partial charge >= 0.3 is 12.0 Å². The van der Waals surface area contributed by atoms with Gasteiger partial charge in [0.05, 0.1) is 0 Å². The number of aliphatic carboxylic acids is 1. The Kier molecular flexibility index (Phi) is 4.25. The number of amides is 2. The maximum absolute atomic E-state index is 12.3. The number of carboxylic acids is 1. The number of hydrogen-bond acceptors (Lipinski definition) is 2. The summed E-state index contributed by atoms with van der Waals surface area (Å²) in [4.78, 5) is 25.5. The standard InChI is InChI=1S/C15H26N2O3/c1-10(2)11-6-8-17(9-7-11)14(20)16-15(3,13(18)19)12-4-5-12/h10-12H,4-9H2,1-3H3,(H,16,20)(H,18,19). The molecule has 0 radical (unpaired) electrons. The Labute approximate surface area is 120 Å². The second-order valence-corrected chi connectivity index (χ2v) is 6.78. The van der Waals surface area contributed by atoms with Crippen molar-refractivity contribution in [3.05, 3.63) is 0 Å². The molecule has 1 unspecified atom stereocenters. The van der Waals surface area contributed by atoms with Crippen LogP contribution in [0.2, 0.25) is 0 Å². The van der Waals surface area contributed by atoms with Gasteiger partial charge in [0.1, 0.15) is 5.54 Å². The zero-order chi connectivity index (χ0) is 14.9. The van der Waals surface area contributed by atoms with Crippen LogP contribution in [-0.4, -0.2) is 40.6 Å². The number of nitrogens with one attached hydrogen (secondary N) is 1. The van der Waals surface area contributed by atoms with Gasteiger partial charge in [-0.05, 0) is 50.4 Å². The molecular formula is C15H26N2O3. The first-order chi connectivity index (χ1) is 9.34. The van der Waals surface area contributed by atoms with Gasteiger partial charge in [0.25, 0.3) is 0 Å². The van der Waals surface area contributed by atoms with Crippen molar-refractivity contribution in [2.75, 3.05) is 13.1 Å². The van der Waals surface area contributed by atoms with Crippen molar-refractivity contribution in [2.45, 2.75) is 52.0 Å². The van der Waals surface area contributed by atoms with E-state index in [-0.39, 0.29) is 11.9 Å². The summed E-state index contributed by atoms with van der Waals surface area (Å²) in [5.74, 6) is 0.479. The molecular weight excluding hydrogens is 256 g/mol. The number of piperidine rings is 1. The highest BCUT2D eigenvalue weighted by Crippen LogP contribution is 2.40. The minimum atomic E-state index is -1.11. The van der Waals surface area contributed by atoms with E-state index in [1.807, 2.05) is 0 Å². The number of carbonyl (C=O) groups is 2. The van der Waals surface area contributed by atoms with E-state index < -0.39 is 11.5 Å². The lowest BCUT2D eigenvalue weighted by molar-refractivity contribution is -0.144. The molecule has 2 aliphatic rings. The van der Waals surface area contributed by atoms with Gasteiger partial charge in [-0.25, -0.2) is 9.59 Å². The molecule has 114 valence electrons. The second-order valence-electron chi connectivity index (χ2n) is 6.78. The van der Waals surface area contributed by atoms with Gasteiger partial charge in [-0.1, -0.05) is 13.8 Å². The minimum absolute atomic E-state index is 0.0807. The van der Waals surface area contributed by atoms with Gasteiger partial charge in [-0.2, -0.15) is 0 Å². The molecule has 1 saturated carbocycles. The third-order valence-electron chi connectivity index (χ3n) is 4.97. The SMILES string of the molecule is CC(C)C1CCN(C(=O)NC(C)(C(=O)O)C2CC2)CC1. The molecule has 2 rings (SSSR count). The fraction of sp³-hybridized carbons (Fsp3) is 0.867. The molecule has 5 nitrogen and oxygen atoms in total. The maximum atomic E-state index is 12.3. The summed E-state index contributed by atoms with van der Waals surface area (Å²) in [6.45, 7) is 7.53. The van der Waals surface area contributed by atoms with Crippen molar-refractivity contribution in [2.24, 2.45) is 17.8 Å². The van der Waals surface area contributed by atoms with Crippen molar-refractivity contribution in [3.63, 3.8) is 0 Å². The summed E-state index contributed by atoms with van der Waals surface area (Å²) in [6, 6.07) is -0.219. The van der Waals surface area contributed by atoms with Crippen LogP contribution >= 0.6 is 0 Å².